The molecule has 0 unspecified atom stereocenters. The fourth-order valence-corrected chi connectivity index (χ4v) is 5.12. The number of anilines is 1. The number of rotatable bonds is 8. The first-order chi connectivity index (χ1) is 14.7. The number of carbonyl (C=O) groups excluding carboxylic acids is 1. The number of carbonyl (C=O) groups is 1. The number of sulfone groups is 1. The van der Waals surface area contributed by atoms with E-state index in [9.17, 15) is 13.2 Å². The van der Waals surface area contributed by atoms with Crippen LogP contribution in [-0.4, -0.2) is 34.8 Å². The molecule has 0 fully saturated rings. The molecular formula is C21H23ClN4O3S2. The van der Waals surface area contributed by atoms with Crippen molar-refractivity contribution in [1.29, 1.82) is 0 Å². The number of aromatic nitrogens is 3. The quantitative estimate of drug-likeness (QED) is 0.486. The van der Waals surface area contributed by atoms with Crippen LogP contribution in [0.2, 0.25) is 5.02 Å². The van der Waals surface area contributed by atoms with Gasteiger partial charge in [0.2, 0.25) is 5.91 Å². The molecule has 31 heavy (non-hydrogen) atoms. The van der Waals surface area contributed by atoms with Crippen molar-refractivity contribution in [2.24, 2.45) is 0 Å². The van der Waals surface area contributed by atoms with Crippen molar-refractivity contribution in [3.63, 3.8) is 0 Å². The van der Waals surface area contributed by atoms with Crippen molar-refractivity contribution in [2.75, 3.05) is 11.1 Å². The molecule has 1 aromatic heterocycles. The van der Waals surface area contributed by atoms with Crippen molar-refractivity contribution in [3.05, 3.63) is 64.4 Å². The van der Waals surface area contributed by atoms with Crippen LogP contribution in [-0.2, 0) is 26.9 Å². The van der Waals surface area contributed by atoms with Gasteiger partial charge < -0.3 is 9.88 Å². The monoisotopic (exact) mass is 478 g/mol. The molecule has 0 radical (unpaired) electrons. The van der Waals surface area contributed by atoms with Crippen LogP contribution in [0, 0.1) is 13.8 Å². The molecule has 0 aliphatic carbocycles. The molecule has 0 saturated heterocycles. The van der Waals surface area contributed by atoms with E-state index in [4.69, 9.17) is 11.6 Å². The maximum atomic E-state index is 12.7. The highest BCUT2D eigenvalue weighted by atomic mass is 35.5. The maximum Gasteiger partial charge on any atom is 0.234 e. The van der Waals surface area contributed by atoms with E-state index in [0.717, 1.165) is 11.1 Å². The van der Waals surface area contributed by atoms with Gasteiger partial charge in [-0.2, -0.15) is 0 Å². The van der Waals surface area contributed by atoms with Gasteiger partial charge in [0.05, 0.1) is 10.6 Å². The summed E-state index contributed by atoms with van der Waals surface area (Å²) < 4.78 is 27.2. The highest BCUT2D eigenvalue weighted by Gasteiger charge is 2.21. The van der Waals surface area contributed by atoms with Gasteiger partial charge in [-0.25, -0.2) is 8.42 Å². The number of thioether (sulfide) groups is 1. The summed E-state index contributed by atoms with van der Waals surface area (Å²) in [6.07, 6.45) is 0. The van der Waals surface area contributed by atoms with Gasteiger partial charge >= 0.3 is 0 Å². The van der Waals surface area contributed by atoms with Gasteiger partial charge in [-0.3, -0.25) is 4.79 Å². The maximum absolute atomic E-state index is 12.7. The first-order valence-electron chi connectivity index (χ1n) is 9.60. The Morgan fingerprint density at radius 2 is 1.84 bits per heavy atom. The Morgan fingerprint density at radius 1 is 1.13 bits per heavy atom. The van der Waals surface area contributed by atoms with Crippen LogP contribution in [0.25, 0.3) is 0 Å². The van der Waals surface area contributed by atoms with Crippen LogP contribution in [0.1, 0.15) is 23.9 Å². The van der Waals surface area contributed by atoms with Crippen LogP contribution in [0.3, 0.4) is 0 Å². The van der Waals surface area contributed by atoms with E-state index in [2.05, 4.69) is 15.5 Å². The van der Waals surface area contributed by atoms with Gasteiger partial charge in [0.15, 0.2) is 15.0 Å². The molecule has 0 saturated carbocycles. The summed E-state index contributed by atoms with van der Waals surface area (Å²) in [6.45, 7) is 6.15. The standard InChI is InChI=1S/C21H23ClN4O3S2/c1-4-26-19(13-31(28,29)17-9-5-14(2)6-10-17)24-25-21(26)30-12-20(27)23-16-8-7-15(3)18(22)11-16/h5-11H,4,12-13H2,1-3H3,(H,23,27). The molecule has 0 spiro atoms. The topological polar surface area (TPSA) is 93.9 Å². The van der Waals surface area contributed by atoms with Gasteiger partial charge in [-0.15, -0.1) is 10.2 Å². The molecule has 7 nitrogen and oxygen atoms in total. The van der Waals surface area contributed by atoms with E-state index in [1.165, 1.54) is 11.8 Å². The molecule has 164 valence electrons. The average Bonchev–Trinajstić information content (AvgIpc) is 3.10. The van der Waals surface area contributed by atoms with Gasteiger partial charge in [0, 0.05) is 17.3 Å². The van der Waals surface area contributed by atoms with E-state index in [-0.39, 0.29) is 22.3 Å². The minimum absolute atomic E-state index is 0.105. The van der Waals surface area contributed by atoms with E-state index < -0.39 is 9.84 Å². The highest BCUT2D eigenvalue weighted by Crippen LogP contribution is 2.23. The molecule has 1 amide bonds. The second-order valence-electron chi connectivity index (χ2n) is 7.02. The van der Waals surface area contributed by atoms with Gasteiger partial charge in [0.25, 0.3) is 0 Å². The van der Waals surface area contributed by atoms with E-state index in [1.807, 2.05) is 26.8 Å². The lowest BCUT2D eigenvalue weighted by molar-refractivity contribution is -0.113. The Bertz CT molecular complexity index is 1190. The number of nitrogens with zero attached hydrogens (tertiary/aromatic N) is 3. The molecular weight excluding hydrogens is 456 g/mol. The van der Waals surface area contributed by atoms with Crippen LogP contribution >= 0.6 is 23.4 Å². The molecule has 2 aromatic carbocycles. The fraction of sp³-hybridized carbons (Fsp3) is 0.286. The molecule has 0 atom stereocenters. The lowest BCUT2D eigenvalue weighted by Gasteiger charge is -2.09. The molecule has 0 bridgehead atoms. The summed E-state index contributed by atoms with van der Waals surface area (Å²) in [4.78, 5) is 12.5. The third-order valence-electron chi connectivity index (χ3n) is 4.60. The third-order valence-corrected chi connectivity index (χ3v) is 7.60. The smallest absolute Gasteiger partial charge is 0.234 e. The summed E-state index contributed by atoms with van der Waals surface area (Å²) in [7, 11) is -3.55. The van der Waals surface area contributed by atoms with Gasteiger partial charge in [0.1, 0.15) is 11.6 Å². The highest BCUT2D eigenvalue weighted by molar-refractivity contribution is 7.99. The lowest BCUT2D eigenvalue weighted by atomic mass is 10.2. The number of aryl methyl sites for hydroxylation is 2. The second kappa shape index (κ2) is 9.84. The Labute approximate surface area is 191 Å². The molecule has 0 aliphatic heterocycles. The van der Waals surface area contributed by atoms with Gasteiger partial charge in [-0.05, 0) is 50.6 Å². The van der Waals surface area contributed by atoms with Crippen molar-refractivity contribution < 1.29 is 13.2 Å². The number of halogens is 1. The fourth-order valence-electron chi connectivity index (χ4n) is 2.85. The summed E-state index contributed by atoms with van der Waals surface area (Å²) >= 11 is 7.29. The third kappa shape index (κ3) is 5.87. The van der Waals surface area contributed by atoms with Crippen LogP contribution < -0.4 is 5.32 Å². The molecule has 0 aliphatic rings. The Morgan fingerprint density at radius 3 is 2.48 bits per heavy atom. The Balaban J connectivity index is 1.67. The Kier molecular flexibility index (Phi) is 7.40. The van der Waals surface area contributed by atoms with E-state index in [1.54, 1.807) is 41.0 Å². The summed E-state index contributed by atoms with van der Waals surface area (Å²) in [5.41, 5.74) is 2.53. The zero-order valence-corrected chi connectivity index (χ0v) is 19.8. The number of amides is 1. The molecule has 1 heterocycles. The van der Waals surface area contributed by atoms with Crippen molar-refractivity contribution in [1.82, 2.24) is 14.8 Å². The Hall–Kier alpha value is -2.36. The number of nitrogens with one attached hydrogen (secondary N) is 1. The minimum atomic E-state index is -3.55. The molecule has 3 aromatic rings. The first kappa shape index (κ1) is 23.3. The normalized spacial score (nSPS) is 11.5. The van der Waals surface area contributed by atoms with Crippen molar-refractivity contribution >= 4 is 44.8 Å². The SMILES string of the molecule is CCn1c(CS(=O)(=O)c2ccc(C)cc2)nnc1SCC(=O)Nc1ccc(C)c(Cl)c1. The van der Waals surface area contributed by atoms with Crippen LogP contribution in [0.15, 0.2) is 52.5 Å². The first-order valence-corrected chi connectivity index (χ1v) is 12.6. The van der Waals surface area contributed by atoms with Crippen molar-refractivity contribution in [2.45, 2.75) is 43.1 Å². The van der Waals surface area contributed by atoms with Crippen molar-refractivity contribution in [3.8, 4) is 0 Å². The van der Waals surface area contributed by atoms with Crippen LogP contribution in [0.4, 0.5) is 5.69 Å². The summed E-state index contributed by atoms with van der Waals surface area (Å²) in [5, 5.41) is 12.0. The predicted molar refractivity (Wildman–Crippen MR) is 123 cm³/mol. The van der Waals surface area contributed by atoms with Crippen LogP contribution in [0.5, 0.6) is 0 Å². The molecule has 10 heteroatoms. The molecule has 3 rings (SSSR count). The number of benzene rings is 2. The van der Waals surface area contributed by atoms with E-state index >= 15 is 0 Å². The minimum Gasteiger partial charge on any atom is -0.325 e. The van der Waals surface area contributed by atoms with E-state index in [0.29, 0.717) is 28.2 Å². The second-order valence-corrected chi connectivity index (χ2v) is 10.4. The largest absolute Gasteiger partial charge is 0.325 e. The molecule has 1 N–H and O–H groups in total. The summed E-state index contributed by atoms with van der Waals surface area (Å²) in [6, 6.07) is 12.0. The number of hydrogen-bond donors (Lipinski definition) is 1. The average molecular weight is 479 g/mol. The lowest BCUT2D eigenvalue weighted by Crippen LogP contribution is -2.15. The zero-order chi connectivity index (χ0) is 22.6. The summed E-state index contributed by atoms with van der Waals surface area (Å²) in [5.74, 6) is -0.0273. The number of hydrogen-bond acceptors (Lipinski definition) is 6. The predicted octanol–water partition coefficient (Wildman–Crippen LogP) is 4.27. The zero-order valence-electron chi connectivity index (χ0n) is 17.4. The van der Waals surface area contributed by atoms with Gasteiger partial charge in [-0.1, -0.05) is 47.1 Å².